The lowest BCUT2D eigenvalue weighted by molar-refractivity contribution is -0.136. The second-order valence-corrected chi connectivity index (χ2v) is 7.53. The van der Waals surface area contributed by atoms with Crippen molar-refractivity contribution in [2.45, 2.75) is 23.1 Å². The number of carbonyl (C=O) groups is 1. The van der Waals surface area contributed by atoms with Crippen molar-refractivity contribution >= 4 is 27.3 Å². The van der Waals surface area contributed by atoms with Gasteiger partial charge in [-0.3, -0.25) is 4.79 Å². The van der Waals surface area contributed by atoms with Crippen LogP contribution >= 0.6 is 11.3 Å². The molecule has 6 nitrogen and oxygen atoms in total. The van der Waals surface area contributed by atoms with Crippen LogP contribution in [0.15, 0.2) is 21.7 Å². The molecular formula is C12H18N2O4S2. The van der Waals surface area contributed by atoms with E-state index in [4.69, 9.17) is 4.74 Å². The molecule has 1 saturated heterocycles. The van der Waals surface area contributed by atoms with Crippen LogP contribution in [0.3, 0.4) is 0 Å². The largest absolute Gasteiger partial charge is 0.375 e. The van der Waals surface area contributed by atoms with Gasteiger partial charge in [0.1, 0.15) is 10.8 Å². The van der Waals surface area contributed by atoms with E-state index in [-0.39, 0.29) is 18.6 Å². The Labute approximate surface area is 122 Å². The molecule has 0 unspecified atom stereocenters. The van der Waals surface area contributed by atoms with Gasteiger partial charge in [0.15, 0.2) is 0 Å². The Bertz CT molecular complexity index is 534. The fraction of sp³-hybridized carbons (Fsp3) is 0.583. The van der Waals surface area contributed by atoms with Crippen molar-refractivity contribution in [1.82, 2.24) is 9.62 Å². The molecule has 1 fully saturated rings. The number of nitrogens with one attached hydrogen (secondary N) is 1. The second-order valence-electron chi connectivity index (χ2n) is 4.64. The Morgan fingerprint density at radius 3 is 2.75 bits per heavy atom. The third kappa shape index (κ3) is 3.78. The summed E-state index contributed by atoms with van der Waals surface area (Å²) in [5.74, 6) is -0.0490. The van der Waals surface area contributed by atoms with Crippen LogP contribution < -0.4 is 4.72 Å². The van der Waals surface area contributed by atoms with Crippen LogP contribution in [0.5, 0.6) is 0 Å². The molecule has 0 spiro atoms. The van der Waals surface area contributed by atoms with Crippen LogP contribution in [-0.4, -0.2) is 52.1 Å². The quantitative estimate of drug-likeness (QED) is 0.865. The SMILES string of the molecule is COCC(=O)N1CCC(NS(=O)(=O)c2cccs2)CC1. The molecule has 1 aromatic heterocycles. The van der Waals surface area contributed by atoms with Crippen molar-refractivity contribution in [3.63, 3.8) is 0 Å². The number of hydrogen-bond acceptors (Lipinski definition) is 5. The van der Waals surface area contributed by atoms with Gasteiger partial charge in [-0.1, -0.05) is 6.07 Å². The first-order valence-corrected chi connectivity index (χ1v) is 8.72. The van der Waals surface area contributed by atoms with Crippen molar-refractivity contribution in [3.05, 3.63) is 17.5 Å². The summed E-state index contributed by atoms with van der Waals surface area (Å²) in [7, 11) is -1.94. The van der Waals surface area contributed by atoms with Crippen molar-refractivity contribution in [3.8, 4) is 0 Å². The van der Waals surface area contributed by atoms with Gasteiger partial charge in [0.2, 0.25) is 15.9 Å². The second kappa shape index (κ2) is 6.66. The first kappa shape index (κ1) is 15.4. The summed E-state index contributed by atoms with van der Waals surface area (Å²) in [4.78, 5) is 13.3. The topological polar surface area (TPSA) is 75.7 Å². The maximum atomic E-state index is 12.1. The first-order chi connectivity index (χ1) is 9.53. The molecule has 0 aromatic carbocycles. The molecule has 2 heterocycles. The van der Waals surface area contributed by atoms with E-state index in [1.807, 2.05) is 0 Å². The van der Waals surface area contributed by atoms with Crippen LogP contribution in [0, 0.1) is 0 Å². The summed E-state index contributed by atoms with van der Waals surface area (Å²) in [5, 5.41) is 1.74. The molecule has 1 N–H and O–H groups in total. The first-order valence-electron chi connectivity index (χ1n) is 6.35. The van der Waals surface area contributed by atoms with Crippen LogP contribution in [0.25, 0.3) is 0 Å². The van der Waals surface area contributed by atoms with Crippen LogP contribution in [0.4, 0.5) is 0 Å². The monoisotopic (exact) mass is 318 g/mol. The number of piperidine rings is 1. The van der Waals surface area contributed by atoms with E-state index in [0.29, 0.717) is 30.1 Å². The zero-order valence-electron chi connectivity index (χ0n) is 11.2. The smallest absolute Gasteiger partial charge is 0.250 e. The molecule has 0 aliphatic carbocycles. The Balaban J connectivity index is 1.87. The number of rotatable bonds is 5. The van der Waals surface area contributed by atoms with E-state index < -0.39 is 10.0 Å². The normalized spacial score (nSPS) is 17.4. The van der Waals surface area contributed by atoms with E-state index >= 15 is 0 Å². The number of ether oxygens (including phenoxy) is 1. The lowest BCUT2D eigenvalue weighted by atomic mass is 10.1. The average Bonchev–Trinajstić information content (AvgIpc) is 2.94. The Morgan fingerprint density at radius 1 is 1.50 bits per heavy atom. The number of sulfonamides is 1. The average molecular weight is 318 g/mol. The third-order valence-electron chi connectivity index (χ3n) is 3.20. The molecule has 112 valence electrons. The number of likely N-dealkylation sites (tertiary alicyclic amines) is 1. The predicted molar refractivity (Wildman–Crippen MR) is 76.1 cm³/mol. The summed E-state index contributed by atoms with van der Waals surface area (Å²) in [5.41, 5.74) is 0. The Kier molecular flexibility index (Phi) is 5.14. The Hall–Kier alpha value is -0.960. The molecule has 0 radical (unpaired) electrons. The van der Waals surface area contributed by atoms with E-state index in [9.17, 15) is 13.2 Å². The van der Waals surface area contributed by atoms with Gasteiger partial charge < -0.3 is 9.64 Å². The highest BCUT2D eigenvalue weighted by Gasteiger charge is 2.26. The number of hydrogen-bond donors (Lipinski definition) is 1. The zero-order chi connectivity index (χ0) is 14.6. The van der Waals surface area contributed by atoms with E-state index in [1.165, 1.54) is 18.4 Å². The highest BCUT2D eigenvalue weighted by atomic mass is 32.2. The van der Waals surface area contributed by atoms with Gasteiger partial charge in [-0.25, -0.2) is 13.1 Å². The number of nitrogens with zero attached hydrogens (tertiary/aromatic N) is 1. The maximum Gasteiger partial charge on any atom is 0.250 e. The van der Waals surface area contributed by atoms with Gasteiger partial charge in [0.05, 0.1) is 0 Å². The summed E-state index contributed by atoms with van der Waals surface area (Å²) >= 11 is 1.20. The van der Waals surface area contributed by atoms with Crippen LogP contribution in [0.2, 0.25) is 0 Å². The molecule has 1 amide bonds. The molecule has 1 aliphatic rings. The number of carbonyl (C=O) groups excluding carboxylic acids is 1. The van der Waals surface area contributed by atoms with Gasteiger partial charge in [0.25, 0.3) is 0 Å². The van der Waals surface area contributed by atoms with Crippen molar-refractivity contribution in [2.24, 2.45) is 0 Å². The standard InChI is InChI=1S/C12H18N2O4S2/c1-18-9-11(15)14-6-4-10(5-7-14)13-20(16,17)12-3-2-8-19-12/h2-3,8,10,13H,4-7,9H2,1H3. The maximum absolute atomic E-state index is 12.1. The third-order valence-corrected chi connectivity index (χ3v) is 6.12. The predicted octanol–water partition coefficient (Wildman–Crippen LogP) is 0.664. The fourth-order valence-corrected chi connectivity index (χ4v) is 4.47. The van der Waals surface area contributed by atoms with Crippen LogP contribution in [0.1, 0.15) is 12.8 Å². The van der Waals surface area contributed by atoms with Gasteiger partial charge in [-0.05, 0) is 24.3 Å². The van der Waals surface area contributed by atoms with Crippen molar-refractivity contribution in [1.29, 1.82) is 0 Å². The highest BCUT2D eigenvalue weighted by molar-refractivity contribution is 7.91. The highest BCUT2D eigenvalue weighted by Crippen LogP contribution is 2.18. The van der Waals surface area contributed by atoms with Crippen molar-refractivity contribution in [2.75, 3.05) is 26.8 Å². The van der Waals surface area contributed by atoms with Crippen LogP contribution in [-0.2, 0) is 19.6 Å². The van der Waals surface area contributed by atoms with Gasteiger partial charge in [-0.2, -0.15) is 0 Å². The molecule has 1 aromatic rings. The molecule has 0 saturated carbocycles. The molecule has 1 aliphatic heterocycles. The number of amides is 1. The molecule has 20 heavy (non-hydrogen) atoms. The van der Waals surface area contributed by atoms with Gasteiger partial charge in [-0.15, -0.1) is 11.3 Å². The molecular weight excluding hydrogens is 300 g/mol. The van der Waals surface area contributed by atoms with E-state index in [1.54, 1.807) is 22.4 Å². The van der Waals surface area contributed by atoms with Gasteiger partial charge in [0, 0.05) is 26.2 Å². The molecule has 2 rings (SSSR count). The van der Waals surface area contributed by atoms with Gasteiger partial charge >= 0.3 is 0 Å². The Morgan fingerprint density at radius 2 is 2.20 bits per heavy atom. The summed E-state index contributed by atoms with van der Waals surface area (Å²) in [6, 6.07) is 3.18. The summed E-state index contributed by atoms with van der Waals surface area (Å²) in [6.45, 7) is 1.19. The van der Waals surface area contributed by atoms with E-state index in [0.717, 1.165) is 0 Å². The molecule has 0 bridgehead atoms. The molecule has 0 atom stereocenters. The molecule has 8 heteroatoms. The fourth-order valence-electron chi connectivity index (χ4n) is 2.16. The lowest BCUT2D eigenvalue weighted by Gasteiger charge is -2.32. The number of methoxy groups -OCH3 is 1. The van der Waals surface area contributed by atoms with Crippen molar-refractivity contribution < 1.29 is 17.9 Å². The lowest BCUT2D eigenvalue weighted by Crippen LogP contribution is -2.47. The minimum atomic E-state index is -3.42. The minimum Gasteiger partial charge on any atom is -0.375 e. The van der Waals surface area contributed by atoms with E-state index in [2.05, 4.69) is 4.72 Å². The minimum absolute atomic E-state index is 0.0490. The number of thiophene rings is 1. The zero-order valence-corrected chi connectivity index (χ0v) is 12.9. The summed E-state index contributed by atoms with van der Waals surface area (Å²) < 4.78 is 32.0. The summed E-state index contributed by atoms with van der Waals surface area (Å²) in [6.07, 6.45) is 1.25.